The molecular formula is C15H20Cl2N4. The van der Waals surface area contributed by atoms with E-state index in [4.69, 9.17) is 5.26 Å². The van der Waals surface area contributed by atoms with Gasteiger partial charge in [-0.15, -0.1) is 24.8 Å². The number of aromatic nitrogens is 1. The number of nitrogens with zero attached hydrogens (tertiary/aromatic N) is 2. The molecule has 0 unspecified atom stereocenters. The van der Waals surface area contributed by atoms with E-state index in [9.17, 15) is 0 Å². The highest BCUT2D eigenvalue weighted by Crippen LogP contribution is 2.30. The molecule has 1 fully saturated rings. The lowest BCUT2D eigenvalue weighted by molar-refractivity contribution is 0.176. The Bertz CT molecular complexity index is 599. The topological polar surface area (TPSA) is 54.9 Å². The molecule has 1 aliphatic rings. The molecule has 1 aromatic carbocycles. The summed E-state index contributed by atoms with van der Waals surface area (Å²) >= 11 is 0. The average Bonchev–Trinajstić information content (AvgIpc) is 2.89. The summed E-state index contributed by atoms with van der Waals surface area (Å²) in [5, 5.41) is 13.7. The van der Waals surface area contributed by atoms with E-state index < -0.39 is 0 Å². The first-order chi connectivity index (χ1) is 9.40. The number of H-pyrrole nitrogens is 1. The van der Waals surface area contributed by atoms with Crippen molar-refractivity contribution < 1.29 is 0 Å². The molecule has 0 radical (unpaired) electrons. The van der Waals surface area contributed by atoms with Crippen LogP contribution in [0, 0.1) is 11.3 Å². The van der Waals surface area contributed by atoms with Crippen molar-refractivity contribution >= 4 is 35.7 Å². The summed E-state index contributed by atoms with van der Waals surface area (Å²) in [6.45, 7) is 4.02. The Labute approximate surface area is 137 Å². The smallest absolute Gasteiger partial charge is 0.0641 e. The number of hydrogen-bond acceptors (Lipinski definition) is 3. The van der Waals surface area contributed by atoms with Gasteiger partial charge in [0, 0.05) is 49.3 Å². The van der Waals surface area contributed by atoms with Crippen LogP contribution in [-0.2, 0) is 0 Å². The second-order valence-corrected chi connectivity index (χ2v) is 4.95. The van der Waals surface area contributed by atoms with Crippen molar-refractivity contribution in [3.8, 4) is 6.07 Å². The maximum Gasteiger partial charge on any atom is 0.0641 e. The number of benzene rings is 1. The predicted molar refractivity (Wildman–Crippen MR) is 90.2 cm³/mol. The molecule has 2 heterocycles. The fourth-order valence-corrected chi connectivity index (χ4v) is 2.89. The Morgan fingerprint density at radius 2 is 1.90 bits per heavy atom. The van der Waals surface area contributed by atoms with Gasteiger partial charge in [-0.2, -0.15) is 5.26 Å². The molecule has 2 N–H and O–H groups in total. The molecule has 114 valence electrons. The normalized spacial score (nSPS) is 16.5. The number of hydrogen-bond donors (Lipinski definition) is 2. The molecule has 1 aromatic heterocycles. The molecule has 1 aliphatic heterocycles. The molecule has 0 aliphatic carbocycles. The second-order valence-electron chi connectivity index (χ2n) is 4.95. The number of piperazine rings is 1. The number of nitriles is 1. The van der Waals surface area contributed by atoms with Gasteiger partial charge >= 0.3 is 0 Å². The first-order valence-corrected chi connectivity index (χ1v) is 6.78. The van der Waals surface area contributed by atoms with Gasteiger partial charge < -0.3 is 10.3 Å². The highest BCUT2D eigenvalue weighted by molar-refractivity contribution is 5.85. The lowest BCUT2D eigenvalue weighted by Crippen LogP contribution is -2.45. The molecule has 4 nitrogen and oxygen atoms in total. The summed E-state index contributed by atoms with van der Waals surface area (Å²) in [4.78, 5) is 5.73. The van der Waals surface area contributed by atoms with Gasteiger partial charge in [0.25, 0.3) is 0 Å². The molecule has 21 heavy (non-hydrogen) atoms. The fraction of sp³-hybridized carbons (Fsp3) is 0.400. The molecule has 0 saturated carbocycles. The minimum Gasteiger partial charge on any atom is -0.361 e. The lowest BCUT2D eigenvalue weighted by Gasteiger charge is -2.33. The number of para-hydroxylation sites is 1. The van der Waals surface area contributed by atoms with Gasteiger partial charge in [-0.1, -0.05) is 18.2 Å². The largest absolute Gasteiger partial charge is 0.361 e. The van der Waals surface area contributed by atoms with Gasteiger partial charge in [0.05, 0.1) is 12.5 Å². The van der Waals surface area contributed by atoms with E-state index in [-0.39, 0.29) is 30.9 Å². The van der Waals surface area contributed by atoms with Crippen molar-refractivity contribution in [3.05, 3.63) is 36.0 Å². The van der Waals surface area contributed by atoms with Crippen LogP contribution >= 0.6 is 24.8 Å². The lowest BCUT2D eigenvalue weighted by atomic mass is 10.0. The quantitative estimate of drug-likeness (QED) is 0.911. The number of halogens is 2. The third-order valence-electron chi connectivity index (χ3n) is 3.86. The Morgan fingerprint density at radius 1 is 1.19 bits per heavy atom. The third-order valence-corrected chi connectivity index (χ3v) is 3.86. The van der Waals surface area contributed by atoms with Crippen molar-refractivity contribution in [1.29, 1.82) is 5.26 Å². The summed E-state index contributed by atoms with van der Waals surface area (Å²) in [7, 11) is 0. The van der Waals surface area contributed by atoms with E-state index in [1.165, 1.54) is 10.9 Å². The summed E-state index contributed by atoms with van der Waals surface area (Å²) in [5.41, 5.74) is 2.40. The van der Waals surface area contributed by atoms with Crippen molar-refractivity contribution in [2.75, 3.05) is 26.2 Å². The number of nitrogens with one attached hydrogen (secondary N) is 2. The predicted octanol–water partition coefficient (Wildman–Crippen LogP) is 2.87. The minimum atomic E-state index is 0. The van der Waals surface area contributed by atoms with E-state index in [2.05, 4.69) is 45.7 Å². The van der Waals surface area contributed by atoms with Gasteiger partial charge in [0.1, 0.15) is 0 Å². The van der Waals surface area contributed by atoms with Crippen molar-refractivity contribution in [2.45, 2.75) is 12.5 Å². The van der Waals surface area contributed by atoms with Crippen LogP contribution in [0.1, 0.15) is 18.0 Å². The first kappa shape index (κ1) is 17.8. The molecule has 0 bridgehead atoms. The van der Waals surface area contributed by atoms with Gasteiger partial charge in [0.15, 0.2) is 0 Å². The van der Waals surface area contributed by atoms with Crippen LogP contribution in [0.5, 0.6) is 0 Å². The van der Waals surface area contributed by atoms with Crippen molar-refractivity contribution in [1.82, 2.24) is 15.2 Å². The Balaban J connectivity index is 0.00000110. The number of aromatic amines is 1. The first-order valence-electron chi connectivity index (χ1n) is 6.78. The molecule has 0 amide bonds. The van der Waals surface area contributed by atoms with Crippen molar-refractivity contribution in [3.63, 3.8) is 0 Å². The van der Waals surface area contributed by atoms with Crippen LogP contribution in [0.2, 0.25) is 0 Å². The zero-order valence-electron chi connectivity index (χ0n) is 11.7. The van der Waals surface area contributed by atoms with Crippen LogP contribution in [-0.4, -0.2) is 36.1 Å². The third kappa shape index (κ3) is 3.69. The van der Waals surface area contributed by atoms with E-state index in [0.717, 1.165) is 31.7 Å². The number of rotatable bonds is 3. The van der Waals surface area contributed by atoms with Crippen LogP contribution < -0.4 is 5.32 Å². The molecular weight excluding hydrogens is 307 g/mol. The zero-order valence-corrected chi connectivity index (χ0v) is 13.3. The van der Waals surface area contributed by atoms with Gasteiger partial charge in [0.2, 0.25) is 0 Å². The van der Waals surface area contributed by atoms with E-state index in [1.807, 2.05) is 6.07 Å². The minimum absolute atomic E-state index is 0. The summed E-state index contributed by atoms with van der Waals surface area (Å²) < 4.78 is 0. The molecule has 0 spiro atoms. The van der Waals surface area contributed by atoms with E-state index in [1.54, 1.807) is 0 Å². The highest BCUT2D eigenvalue weighted by atomic mass is 35.5. The monoisotopic (exact) mass is 326 g/mol. The average molecular weight is 327 g/mol. The highest BCUT2D eigenvalue weighted by Gasteiger charge is 2.24. The Hall–Kier alpha value is -1.25. The Morgan fingerprint density at radius 3 is 2.62 bits per heavy atom. The van der Waals surface area contributed by atoms with Crippen molar-refractivity contribution in [2.24, 2.45) is 0 Å². The van der Waals surface area contributed by atoms with Gasteiger partial charge in [-0.3, -0.25) is 4.90 Å². The van der Waals surface area contributed by atoms with Gasteiger partial charge in [-0.25, -0.2) is 0 Å². The molecule has 1 atom stereocenters. The van der Waals surface area contributed by atoms with Crippen LogP contribution in [0.4, 0.5) is 0 Å². The summed E-state index contributed by atoms with van der Waals surface area (Å²) in [6, 6.07) is 10.8. The van der Waals surface area contributed by atoms with Crippen LogP contribution in [0.15, 0.2) is 30.5 Å². The molecule has 1 saturated heterocycles. The van der Waals surface area contributed by atoms with Gasteiger partial charge in [-0.05, 0) is 11.6 Å². The maximum absolute atomic E-state index is 9.14. The zero-order chi connectivity index (χ0) is 13.1. The van der Waals surface area contributed by atoms with E-state index >= 15 is 0 Å². The molecule has 3 rings (SSSR count). The standard InChI is InChI=1S/C15H18N4.2ClH/c16-6-5-15(19-9-7-17-8-10-19)13-11-18-14-4-2-1-3-12(13)14;;/h1-4,11,15,17-18H,5,7-10H2;2*1H/t15-;;/m1../s1. The fourth-order valence-electron chi connectivity index (χ4n) is 2.89. The second kappa shape index (κ2) is 8.26. The molecule has 2 aromatic rings. The Kier molecular flexibility index (Phi) is 7.00. The maximum atomic E-state index is 9.14. The summed E-state index contributed by atoms with van der Waals surface area (Å²) in [5.74, 6) is 0. The summed E-state index contributed by atoms with van der Waals surface area (Å²) in [6.07, 6.45) is 2.61. The molecule has 6 heteroatoms. The number of fused-ring (bicyclic) bond motifs is 1. The van der Waals surface area contributed by atoms with E-state index in [0.29, 0.717) is 6.42 Å². The van der Waals surface area contributed by atoms with Crippen LogP contribution in [0.25, 0.3) is 10.9 Å². The van der Waals surface area contributed by atoms with Crippen LogP contribution in [0.3, 0.4) is 0 Å². The SMILES string of the molecule is Cl.Cl.N#CC[C@H](c1c[nH]c2ccccc12)N1CCNCC1.